The highest BCUT2D eigenvalue weighted by molar-refractivity contribution is 6.07. The van der Waals surface area contributed by atoms with Crippen molar-refractivity contribution in [2.24, 2.45) is 11.7 Å². The first-order valence-corrected chi connectivity index (χ1v) is 8.55. The number of halogens is 1. The zero-order chi connectivity index (χ0) is 18.4. The quantitative estimate of drug-likeness (QED) is 0.682. The molecular formula is C18H25FN4O2. The minimum atomic E-state index is -0.730. The third-order valence-electron chi connectivity index (χ3n) is 4.17. The highest BCUT2D eigenvalue weighted by Gasteiger charge is 2.24. The zero-order valence-corrected chi connectivity index (χ0v) is 14.7. The van der Waals surface area contributed by atoms with E-state index in [1.807, 2.05) is 24.5 Å². The summed E-state index contributed by atoms with van der Waals surface area (Å²) in [5.41, 5.74) is 6.53. The Morgan fingerprint density at radius 1 is 1.32 bits per heavy atom. The molecule has 3 N–H and O–H groups in total. The van der Waals surface area contributed by atoms with Crippen LogP contribution in [-0.4, -0.2) is 34.1 Å². The van der Waals surface area contributed by atoms with Gasteiger partial charge in [0.25, 0.3) is 5.91 Å². The number of carbonyl (C=O) groups excluding carboxylic acids is 2. The van der Waals surface area contributed by atoms with Crippen molar-refractivity contribution in [1.29, 1.82) is 0 Å². The third-order valence-corrected chi connectivity index (χ3v) is 4.17. The summed E-state index contributed by atoms with van der Waals surface area (Å²) in [6.07, 6.45) is 5.53. The monoisotopic (exact) mass is 348 g/mol. The SMILES string of the molecule is CC(C)[C@H](NC(=O)c1cn(CCCCCF)c2ncccc12)C(N)=O. The van der Waals surface area contributed by atoms with Gasteiger partial charge in [0.05, 0.1) is 12.2 Å². The van der Waals surface area contributed by atoms with Gasteiger partial charge in [0.15, 0.2) is 0 Å². The number of nitrogens with zero attached hydrogens (tertiary/aromatic N) is 2. The molecule has 25 heavy (non-hydrogen) atoms. The minimum Gasteiger partial charge on any atom is -0.368 e. The number of fused-ring (bicyclic) bond motifs is 1. The number of nitrogens with one attached hydrogen (secondary N) is 1. The lowest BCUT2D eigenvalue weighted by Crippen LogP contribution is -2.47. The van der Waals surface area contributed by atoms with Crippen molar-refractivity contribution < 1.29 is 14.0 Å². The molecule has 0 aliphatic heterocycles. The average molecular weight is 348 g/mol. The summed E-state index contributed by atoms with van der Waals surface area (Å²) < 4.78 is 14.1. The predicted octanol–water partition coefficient (Wildman–Crippen LogP) is 2.42. The summed E-state index contributed by atoms with van der Waals surface area (Å²) in [7, 11) is 0. The number of amides is 2. The Bertz CT molecular complexity index is 742. The molecule has 2 amide bonds. The molecular weight excluding hydrogens is 323 g/mol. The van der Waals surface area contributed by atoms with E-state index in [-0.39, 0.29) is 18.5 Å². The summed E-state index contributed by atoms with van der Waals surface area (Å²) in [4.78, 5) is 28.5. The van der Waals surface area contributed by atoms with Gasteiger partial charge in [-0.1, -0.05) is 13.8 Å². The van der Waals surface area contributed by atoms with Gasteiger partial charge in [-0.3, -0.25) is 14.0 Å². The number of hydrogen-bond acceptors (Lipinski definition) is 3. The number of unbranched alkanes of at least 4 members (excludes halogenated alkanes) is 2. The van der Waals surface area contributed by atoms with Gasteiger partial charge in [-0.25, -0.2) is 4.98 Å². The Labute approximate surface area is 146 Å². The van der Waals surface area contributed by atoms with Gasteiger partial charge >= 0.3 is 0 Å². The van der Waals surface area contributed by atoms with E-state index in [2.05, 4.69) is 10.3 Å². The van der Waals surface area contributed by atoms with Crippen LogP contribution in [0.3, 0.4) is 0 Å². The largest absolute Gasteiger partial charge is 0.368 e. The Hall–Kier alpha value is -2.44. The molecule has 0 aliphatic rings. The zero-order valence-electron chi connectivity index (χ0n) is 14.7. The molecule has 136 valence electrons. The molecule has 1 atom stereocenters. The van der Waals surface area contributed by atoms with E-state index >= 15 is 0 Å². The number of hydrogen-bond donors (Lipinski definition) is 2. The van der Waals surface area contributed by atoms with Crippen LogP contribution in [-0.2, 0) is 11.3 Å². The molecule has 0 aliphatic carbocycles. The molecule has 7 heteroatoms. The smallest absolute Gasteiger partial charge is 0.254 e. The van der Waals surface area contributed by atoms with Crippen LogP contribution in [0.2, 0.25) is 0 Å². The fourth-order valence-corrected chi connectivity index (χ4v) is 2.81. The maximum absolute atomic E-state index is 12.7. The van der Waals surface area contributed by atoms with Crippen LogP contribution in [0.4, 0.5) is 4.39 Å². The van der Waals surface area contributed by atoms with Gasteiger partial charge in [0.1, 0.15) is 11.7 Å². The first-order chi connectivity index (χ1) is 12.0. The van der Waals surface area contributed by atoms with Crippen LogP contribution in [0.25, 0.3) is 11.0 Å². The molecule has 0 unspecified atom stereocenters. The summed E-state index contributed by atoms with van der Waals surface area (Å²) in [6, 6.07) is 2.86. The predicted molar refractivity (Wildman–Crippen MR) is 94.8 cm³/mol. The Morgan fingerprint density at radius 3 is 2.72 bits per heavy atom. The molecule has 2 aromatic heterocycles. The number of aromatic nitrogens is 2. The van der Waals surface area contributed by atoms with Crippen molar-refractivity contribution in [3.63, 3.8) is 0 Å². The van der Waals surface area contributed by atoms with E-state index in [1.54, 1.807) is 18.5 Å². The van der Waals surface area contributed by atoms with Gasteiger partial charge in [0, 0.05) is 24.3 Å². The van der Waals surface area contributed by atoms with Gasteiger partial charge in [-0.2, -0.15) is 0 Å². The lowest BCUT2D eigenvalue weighted by atomic mass is 10.0. The van der Waals surface area contributed by atoms with E-state index in [1.165, 1.54) is 0 Å². The van der Waals surface area contributed by atoms with Gasteiger partial charge in [-0.05, 0) is 37.3 Å². The molecule has 2 aromatic rings. The van der Waals surface area contributed by atoms with Crippen LogP contribution in [0, 0.1) is 5.92 Å². The van der Waals surface area contributed by atoms with Gasteiger partial charge in [-0.15, -0.1) is 0 Å². The molecule has 2 rings (SSSR count). The van der Waals surface area contributed by atoms with Crippen LogP contribution in [0.5, 0.6) is 0 Å². The summed E-state index contributed by atoms with van der Waals surface area (Å²) in [5.74, 6) is -1.01. The summed E-state index contributed by atoms with van der Waals surface area (Å²) >= 11 is 0. The molecule has 0 saturated carbocycles. The lowest BCUT2D eigenvalue weighted by molar-refractivity contribution is -0.120. The van der Waals surface area contributed by atoms with Gasteiger partial charge < -0.3 is 15.6 Å². The second-order valence-corrected chi connectivity index (χ2v) is 6.46. The second kappa shape index (κ2) is 8.60. The van der Waals surface area contributed by atoms with Crippen molar-refractivity contribution in [2.45, 2.75) is 45.7 Å². The second-order valence-electron chi connectivity index (χ2n) is 6.46. The third kappa shape index (κ3) is 4.55. The topological polar surface area (TPSA) is 90.0 Å². The summed E-state index contributed by atoms with van der Waals surface area (Å²) in [5, 5.41) is 3.43. The number of pyridine rings is 1. The average Bonchev–Trinajstić information content (AvgIpc) is 2.95. The van der Waals surface area contributed by atoms with Crippen molar-refractivity contribution in [1.82, 2.24) is 14.9 Å². The van der Waals surface area contributed by atoms with E-state index in [0.717, 1.165) is 18.2 Å². The molecule has 2 heterocycles. The maximum atomic E-state index is 12.7. The Balaban J connectivity index is 2.25. The molecule has 0 bridgehead atoms. The molecule has 0 spiro atoms. The normalized spacial score (nSPS) is 12.5. The van der Waals surface area contributed by atoms with Gasteiger partial charge in [0.2, 0.25) is 5.91 Å². The van der Waals surface area contributed by atoms with Crippen LogP contribution < -0.4 is 11.1 Å². The number of primary amides is 1. The Morgan fingerprint density at radius 2 is 2.08 bits per heavy atom. The highest BCUT2D eigenvalue weighted by Crippen LogP contribution is 2.20. The van der Waals surface area contributed by atoms with E-state index in [0.29, 0.717) is 24.2 Å². The van der Waals surface area contributed by atoms with Crippen molar-refractivity contribution in [3.8, 4) is 0 Å². The lowest BCUT2D eigenvalue weighted by Gasteiger charge is -2.18. The standard InChI is InChI=1S/C18H25FN4O2/c1-12(2)15(16(20)24)22-18(25)14-11-23(10-5-3-4-8-19)17-13(14)7-6-9-21-17/h6-7,9,11-12,15H,3-5,8,10H2,1-2H3,(H2,20,24)(H,22,25)/t15-/m0/s1. The molecule has 0 fully saturated rings. The van der Waals surface area contributed by atoms with Crippen LogP contribution in [0.15, 0.2) is 24.5 Å². The van der Waals surface area contributed by atoms with E-state index < -0.39 is 11.9 Å². The van der Waals surface area contributed by atoms with Crippen molar-refractivity contribution >= 4 is 22.8 Å². The van der Waals surface area contributed by atoms with Crippen LogP contribution >= 0.6 is 0 Å². The number of alkyl halides is 1. The highest BCUT2D eigenvalue weighted by atomic mass is 19.1. The molecule has 0 radical (unpaired) electrons. The first-order valence-electron chi connectivity index (χ1n) is 8.55. The van der Waals surface area contributed by atoms with E-state index in [9.17, 15) is 14.0 Å². The number of rotatable bonds is 9. The van der Waals surface area contributed by atoms with Crippen molar-refractivity contribution in [3.05, 3.63) is 30.1 Å². The maximum Gasteiger partial charge on any atom is 0.254 e. The Kier molecular flexibility index (Phi) is 6.50. The van der Waals surface area contributed by atoms with Crippen LogP contribution in [0.1, 0.15) is 43.5 Å². The van der Waals surface area contributed by atoms with E-state index in [4.69, 9.17) is 5.73 Å². The molecule has 0 saturated heterocycles. The number of nitrogens with two attached hydrogens (primary N) is 1. The molecule has 0 aromatic carbocycles. The minimum absolute atomic E-state index is 0.103. The fraction of sp³-hybridized carbons (Fsp3) is 0.500. The number of aryl methyl sites for hydroxylation is 1. The first kappa shape index (κ1) is 18.9. The number of carbonyl (C=O) groups is 2. The van der Waals surface area contributed by atoms with Crippen molar-refractivity contribution in [2.75, 3.05) is 6.67 Å². The molecule has 6 nitrogen and oxygen atoms in total. The summed E-state index contributed by atoms with van der Waals surface area (Å²) in [6.45, 7) is 3.99. The fourth-order valence-electron chi connectivity index (χ4n) is 2.81.